The Morgan fingerprint density at radius 2 is 1.87 bits per heavy atom. The summed E-state index contributed by atoms with van der Waals surface area (Å²) in [7, 11) is 0. The Morgan fingerprint density at radius 3 is 2.48 bits per heavy atom. The summed E-state index contributed by atoms with van der Waals surface area (Å²) in [6.45, 7) is 4.36. The molecule has 31 heavy (non-hydrogen) atoms. The third kappa shape index (κ3) is 6.24. The lowest BCUT2D eigenvalue weighted by Crippen LogP contribution is -2.51. The number of hydrogen-bond acceptors (Lipinski definition) is 6. The van der Waals surface area contributed by atoms with E-state index in [2.05, 4.69) is 20.2 Å². The number of carbonyl (C=O) groups is 2. The number of amides is 2. The highest BCUT2D eigenvalue weighted by Gasteiger charge is 2.21. The topological polar surface area (TPSA) is 98.4 Å². The predicted octanol–water partition coefficient (Wildman–Crippen LogP) is 1.85. The van der Waals surface area contributed by atoms with E-state index in [0.717, 1.165) is 18.8 Å². The Morgan fingerprint density at radius 1 is 1.19 bits per heavy atom. The van der Waals surface area contributed by atoms with E-state index in [1.807, 2.05) is 30.5 Å². The second-order valence-corrected chi connectivity index (χ2v) is 8.49. The highest BCUT2D eigenvalue weighted by atomic mass is 35.5. The number of nitrogens with zero attached hydrogens (tertiary/aromatic N) is 3. The number of benzene rings is 1. The maximum Gasteiger partial charge on any atom is 0.254 e. The molecule has 0 atom stereocenters. The number of hydrogen-bond donors (Lipinski definition) is 2. The van der Waals surface area contributed by atoms with Gasteiger partial charge >= 0.3 is 0 Å². The first kappa shape index (κ1) is 23.1. The lowest BCUT2D eigenvalue weighted by molar-refractivity contribution is -0.133. The normalized spacial score (nSPS) is 13.9. The van der Waals surface area contributed by atoms with Crippen LogP contribution in [0.1, 0.15) is 17.7 Å². The van der Waals surface area contributed by atoms with Crippen molar-refractivity contribution in [3.05, 3.63) is 50.9 Å². The van der Waals surface area contributed by atoms with Crippen molar-refractivity contribution in [1.29, 1.82) is 0 Å². The number of thioether (sulfide) groups is 1. The third-order valence-electron chi connectivity index (χ3n) is 5.26. The predicted molar refractivity (Wildman–Crippen MR) is 123 cm³/mol. The van der Waals surface area contributed by atoms with Gasteiger partial charge in [0.2, 0.25) is 11.8 Å². The van der Waals surface area contributed by atoms with Crippen LogP contribution < -0.4 is 15.8 Å². The van der Waals surface area contributed by atoms with Crippen molar-refractivity contribution >= 4 is 40.9 Å². The minimum absolute atomic E-state index is 0.0429. The van der Waals surface area contributed by atoms with Crippen molar-refractivity contribution in [1.82, 2.24) is 20.2 Å². The van der Waals surface area contributed by atoms with Crippen LogP contribution >= 0.6 is 23.4 Å². The molecule has 1 saturated heterocycles. The highest BCUT2D eigenvalue weighted by Crippen LogP contribution is 2.19. The van der Waals surface area contributed by atoms with Crippen LogP contribution in [0.4, 0.5) is 5.69 Å². The summed E-state index contributed by atoms with van der Waals surface area (Å²) >= 11 is 7.29. The van der Waals surface area contributed by atoms with Gasteiger partial charge in [0.1, 0.15) is 0 Å². The molecule has 1 aliphatic heterocycles. The molecule has 0 aliphatic carbocycles. The molecule has 0 saturated carbocycles. The first-order valence-corrected chi connectivity index (χ1v) is 11.7. The summed E-state index contributed by atoms with van der Waals surface area (Å²) in [5.74, 6) is -0.370. The molecule has 1 aromatic heterocycles. The summed E-state index contributed by atoms with van der Waals surface area (Å²) in [5, 5.41) is 3.91. The van der Waals surface area contributed by atoms with E-state index in [1.165, 1.54) is 11.8 Å². The Kier molecular flexibility index (Phi) is 7.97. The molecule has 10 heteroatoms. The van der Waals surface area contributed by atoms with Crippen LogP contribution in [-0.4, -0.2) is 65.7 Å². The molecule has 1 aliphatic rings. The van der Waals surface area contributed by atoms with Crippen LogP contribution in [0.5, 0.6) is 0 Å². The van der Waals surface area contributed by atoms with E-state index in [4.69, 9.17) is 11.6 Å². The molecule has 1 aromatic carbocycles. The van der Waals surface area contributed by atoms with E-state index < -0.39 is 0 Å². The van der Waals surface area contributed by atoms with Crippen LogP contribution in [0.2, 0.25) is 5.02 Å². The zero-order valence-corrected chi connectivity index (χ0v) is 19.2. The van der Waals surface area contributed by atoms with Gasteiger partial charge in [0, 0.05) is 54.6 Å². The Balaban J connectivity index is 1.42. The third-order valence-corrected chi connectivity index (χ3v) is 6.09. The quantitative estimate of drug-likeness (QED) is 0.480. The van der Waals surface area contributed by atoms with E-state index in [1.54, 1.807) is 11.8 Å². The Bertz CT molecular complexity index is 987. The van der Waals surface area contributed by atoms with Crippen molar-refractivity contribution < 1.29 is 9.59 Å². The van der Waals surface area contributed by atoms with Gasteiger partial charge in [-0.15, -0.1) is 0 Å². The Hall–Kier alpha value is -2.52. The van der Waals surface area contributed by atoms with Crippen molar-refractivity contribution in [2.45, 2.75) is 24.9 Å². The van der Waals surface area contributed by atoms with E-state index in [9.17, 15) is 14.4 Å². The molecule has 3 rings (SSSR count). The fourth-order valence-corrected chi connectivity index (χ4v) is 4.00. The number of nitrogens with one attached hydrogen (secondary N) is 2. The van der Waals surface area contributed by atoms with Crippen LogP contribution in [0, 0.1) is 6.92 Å². The maximum absolute atomic E-state index is 12.5. The molecule has 0 radical (unpaired) electrons. The maximum atomic E-state index is 12.5. The van der Waals surface area contributed by atoms with Crippen LogP contribution in [0.25, 0.3) is 0 Å². The zero-order valence-electron chi connectivity index (χ0n) is 17.6. The fourth-order valence-electron chi connectivity index (χ4n) is 3.45. The first-order chi connectivity index (χ1) is 14.9. The molecule has 166 valence electrons. The summed E-state index contributed by atoms with van der Waals surface area (Å²) < 4.78 is 0. The summed E-state index contributed by atoms with van der Waals surface area (Å²) in [4.78, 5) is 47.7. The number of halogens is 1. The SMILES string of the molecule is CSc1nc(C)c(CCC(=O)NCC(=O)N2CCN(c3ccc(Cl)cc3)CC2)c(=O)[nH]1. The van der Waals surface area contributed by atoms with Gasteiger partial charge in [-0.3, -0.25) is 14.4 Å². The Labute approximate surface area is 190 Å². The number of aromatic nitrogens is 2. The standard InChI is InChI=1S/C21H26ClN5O3S/c1-14-17(20(30)25-21(24-14)31-2)7-8-18(28)23-13-19(29)27-11-9-26(10-12-27)16-5-3-15(22)4-6-16/h3-6H,7-13H2,1-2H3,(H,23,28)(H,24,25,30). The minimum atomic E-state index is -0.263. The number of piperazine rings is 1. The molecule has 0 bridgehead atoms. The monoisotopic (exact) mass is 463 g/mol. The van der Waals surface area contributed by atoms with Gasteiger partial charge < -0.3 is 20.1 Å². The van der Waals surface area contributed by atoms with Gasteiger partial charge in [-0.05, 0) is 43.9 Å². The average Bonchev–Trinajstić information content (AvgIpc) is 2.77. The summed E-state index contributed by atoms with van der Waals surface area (Å²) in [6.07, 6.45) is 2.24. The van der Waals surface area contributed by atoms with Crippen molar-refractivity contribution in [2.24, 2.45) is 0 Å². The highest BCUT2D eigenvalue weighted by molar-refractivity contribution is 7.98. The van der Waals surface area contributed by atoms with Crippen molar-refractivity contribution in [2.75, 3.05) is 43.9 Å². The molecule has 2 amide bonds. The fraction of sp³-hybridized carbons (Fsp3) is 0.429. The van der Waals surface area contributed by atoms with Gasteiger partial charge in [0.25, 0.3) is 5.56 Å². The van der Waals surface area contributed by atoms with Crippen molar-refractivity contribution in [3.63, 3.8) is 0 Å². The first-order valence-electron chi connectivity index (χ1n) is 10.1. The van der Waals surface area contributed by atoms with Crippen molar-refractivity contribution in [3.8, 4) is 0 Å². The number of H-pyrrole nitrogens is 1. The number of rotatable bonds is 7. The average molecular weight is 464 g/mol. The van der Waals surface area contributed by atoms with E-state index in [-0.39, 0.29) is 36.8 Å². The van der Waals surface area contributed by atoms with Crippen LogP contribution in [0.3, 0.4) is 0 Å². The summed E-state index contributed by atoms with van der Waals surface area (Å²) in [6, 6.07) is 7.65. The van der Waals surface area contributed by atoms with Gasteiger partial charge in [0.05, 0.1) is 6.54 Å². The minimum Gasteiger partial charge on any atom is -0.368 e. The number of aryl methyl sites for hydroxylation is 1. The molecule has 2 N–H and O–H groups in total. The molecular formula is C21H26ClN5O3S. The number of aromatic amines is 1. The zero-order chi connectivity index (χ0) is 22.4. The lowest BCUT2D eigenvalue weighted by atomic mass is 10.1. The van der Waals surface area contributed by atoms with Gasteiger partial charge in [-0.2, -0.15) is 0 Å². The van der Waals surface area contributed by atoms with Gasteiger partial charge in [-0.25, -0.2) is 4.98 Å². The molecule has 0 unspecified atom stereocenters. The van der Waals surface area contributed by atoms with Gasteiger partial charge in [-0.1, -0.05) is 23.4 Å². The molecule has 8 nitrogen and oxygen atoms in total. The number of anilines is 1. The molecule has 1 fully saturated rings. The molecule has 0 spiro atoms. The van der Waals surface area contributed by atoms with Gasteiger partial charge in [0.15, 0.2) is 5.16 Å². The lowest BCUT2D eigenvalue weighted by Gasteiger charge is -2.36. The second-order valence-electron chi connectivity index (χ2n) is 7.26. The van der Waals surface area contributed by atoms with Crippen LogP contribution in [0.15, 0.2) is 34.2 Å². The molecule has 2 heterocycles. The smallest absolute Gasteiger partial charge is 0.254 e. The number of carbonyl (C=O) groups excluding carboxylic acids is 2. The largest absolute Gasteiger partial charge is 0.368 e. The molecular weight excluding hydrogens is 438 g/mol. The van der Waals surface area contributed by atoms with Crippen LogP contribution in [-0.2, 0) is 16.0 Å². The summed E-state index contributed by atoms with van der Waals surface area (Å²) in [5.41, 5.74) is 1.97. The molecule has 2 aromatic rings. The van der Waals surface area contributed by atoms with E-state index in [0.29, 0.717) is 34.5 Å². The second kappa shape index (κ2) is 10.7. The van der Waals surface area contributed by atoms with E-state index >= 15 is 0 Å².